The largest absolute Gasteiger partial charge is 0.478 e. The maximum Gasteiger partial charge on any atom is 0.337 e. The maximum absolute atomic E-state index is 12.5. The van der Waals surface area contributed by atoms with Crippen molar-refractivity contribution >= 4 is 21.7 Å². The molecule has 1 aliphatic rings. The Morgan fingerprint density at radius 1 is 1.30 bits per heavy atom. The third kappa shape index (κ3) is 6.36. The minimum Gasteiger partial charge on any atom is -0.478 e. The molecule has 0 aliphatic heterocycles. The van der Waals surface area contributed by atoms with Crippen LogP contribution < -0.4 is 10.0 Å². The molecule has 1 aromatic carbocycles. The van der Waals surface area contributed by atoms with Crippen molar-refractivity contribution in [1.29, 1.82) is 0 Å². The normalized spacial score (nSPS) is 15.9. The van der Waals surface area contributed by atoms with Crippen molar-refractivity contribution in [3.63, 3.8) is 0 Å². The zero-order valence-corrected chi connectivity index (χ0v) is 16.9. The summed E-state index contributed by atoms with van der Waals surface area (Å²) in [5, 5.41) is 12.6. The highest BCUT2D eigenvalue weighted by Gasteiger charge is 2.19. The van der Waals surface area contributed by atoms with Crippen molar-refractivity contribution < 1.29 is 18.3 Å². The molecule has 0 bridgehead atoms. The lowest BCUT2D eigenvalue weighted by Gasteiger charge is -2.17. The Labute approximate surface area is 162 Å². The number of hydrogen-bond donors (Lipinski definition) is 3. The van der Waals surface area contributed by atoms with Crippen molar-refractivity contribution in [3.8, 4) is 0 Å². The molecule has 3 N–H and O–H groups in total. The molecular weight excluding hydrogens is 364 g/mol. The van der Waals surface area contributed by atoms with E-state index in [0.29, 0.717) is 18.7 Å². The molecule has 1 atom stereocenters. The first-order valence-corrected chi connectivity index (χ1v) is 11.1. The van der Waals surface area contributed by atoms with Crippen molar-refractivity contribution in [2.24, 2.45) is 0 Å². The van der Waals surface area contributed by atoms with Gasteiger partial charge in [0.1, 0.15) is 0 Å². The van der Waals surface area contributed by atoms with E-state index in [4.69, 9.17) is 0 Å². The van der Waals surface area contributed by atoms with Crippen LogP contribution in [0.5, 0.6) is 0 Å². The summed E-state index contributed by atoms with van der Waals surface area (Å²) in [6.07, 6.45) is 9.21. The van der Waals surface area contributed by atoms with Crippen LogP contribution in [0.1, 0.15) is 69.2 Å². The van der Waals surface area contributed by atoms with Crippen LogP contribution in [0.25, 0.3) is 0 Å². The average Bonchev–Trinajstić information content (AvgIpc) is 2.62. The number of carboxylic acids is 1. The molecule has 0 radical (unpaired) electrons. The second-order valence-corrected chi connectivity index (χ2v) is 8.87. The van der Waals surface area contributed by atoms with Gasteiger partial charge in [-0.1, -0.05) is 25.0 Å². The molecule has 2 rings (SSSR count). The highest BCUT2D eigenvalue weighted by Crippen LogP contribution is 2.23. The van der Waals surface area contributed by atoms with Gasteiger partial charge < -0.3 is 10.4 Å². The lowest BCUT2D eigenvalue weighted by Crippen LogP contribution is -2.26. The maximum atomic E-state index is 12.5. The smallest absolute Gasteiger partial charge is 0.337 e. The Morgan fingerprint density at radius 2 is 2.07 bits per heavy atom. The minimum absolute atomic E-state index is 0.0220. The predicted molar refractivity (Wildman–Crippen MR) is 108 cm³/mol. The van der Waals surface area contributed by atoms with Crippen molar-refractivity contribution in [3.05, 3.63) is 35.4 Å². The molecule has 7 heteroatoms. The van der Waals surface area contributed by atoms with Gasteiger partial charge in [-0.3, -0.25) is 0 Å². The molecule has 0 unspecified atom stereocenters. The molecule has 0 aromatic heterocycles. The molecule has 0 heterocycles. The van der Waals surface area contributed by atoms with Crippen LogP contribution in [0.4, 0.5) is 5.69 Å². The number of nitrogens with one attached hydrogen (secondary N) is 2. The first-order valence-electron chi connectivity index (χ1n) is 9.65. The van der Waals surface area contributed by atoms with Crippen LogP contribution in [0.3, 0.4) is 0 Å². The van der Waals surface area contributed by atoms with Crippen LogP contribution in [0.2, 0.25) is 0 Å². The van der Waals surface area contributed by atoms with E-state index in [1.54, 1.807) is 0 Å². The van der Waals surface area contributed by atoms with Crippen LogP contribution in [0, 0.1) is 0 Å². The van der Waals surface area contributed by atoms with Crippen molar-refractivity contribution in [2.75, 3.05) is 11.9 Å². The molecule has 1 aromatic rings. The number of allylic oxidation sites excluding steroid dienone is 1. The van der Waals surface area contributed by atoms with Gasteiger partial charge in [0.15, 0.2) is 0 Å². The predicted octanol–water partition coefficient (Wildman–Crippen LogP) is 4.15. The van der Waals surface area contributed by atoms with Gasteiger partial charge >= 0.3 is 5.97 Å². The Bertz CT molecular complexity index is 787. The minimum atomic E-state index is -3.74. The molecule has 0 amide bonds. The second-order valence-electron chi connectivity index (χ2n) is 7.10. The second kappa shape index (κ2) is 9.90. The number of hydrogen-bond acceptors (Lipinski definition) is 4. The molecule has 0 fully saturated rings. The summed E-state index contributed by atoms with van der Waals surface area (Å²) in [4.78, 5) is 11.6. The van der Waals surface area contributed by atoms with E-state index in [0.717, 1.165) is 32.1 Å². The molecule has 0 saturated carbocycles. The van der Waals surface area contributed by atoms with Gasteiger partial charge in [-0.05, 0) is 63.6 Å². The van der Waals surface area contributed by atoms with Crippen molar-refractivity contribution in [2.45, 2.75) is 69.7 Å². The fraction of sp³-hybridized carbons (Fsp3) is 0.550. The highest BCUT2D eigenvalue weighted by atomic mass is 32.2. The van der Waals surface area contributed by atoms with Gasteiger partial charge in [0.05, 0.1) is 10.5 Å². The molecule has 27 heavy (non-hydrogen) atoms. The Morgan fingerprint density at radius 3 is 2.70 bits per heavy atom. The number of sulfonamides is 1. The summed E-state index contributed by atoms with van der Waals surface area (Å²) in [6.45, 7) is 4.35. The highest BCUT2D eigenvalue weighted by molar-refractivity contribution is 7.89. The van der Waals surface area contributed by atoms with E-state index in [1.807, 2.05) is 6.92 Å². The van der Waals surface area contributed by atoms with E-state index < -0.39 is 16.0 Å². The summed E-state index contributed by atoms with van der Waals surface area (Å²) in [6, 6.07) is 4.33. The SMILES string of the molecule is CCC[C@@H](C)Nc1ccc(S(=O)(=O)NCCC2=CCCCC2)cc1C(=O)O. The Kier molecular flexibility index (Phi) is 7.86. The summed E-state index contributed by atoms with van der Waals surface area (Å²) in [5.74, 6) is -1.15. The molecule has 150 valence electrons. The van der Waals surface area contributed by atoms with E-state index in [2.05, 4.69) is 23.0 Å². The zero-order chi connectivity index (χ0) is 19.9. The Balaban J connectivity index is 2.10. The summed E-state index contributed by atoms with van der Waals surface area (Å²) >= 11 is 0. The molecule has 6 nitrogen and oxygen atoms in total. The van der Waals surface area contributed by atoms with Crippen LogP contribution >= 0.6 is 0 Å². The van der Waals surface area contributed by atoms with Gasteiger partial charge in [-0.2, -0.15) is 0 Å². The molecule has 0 saturated heterocycles. The summed E-state index contributed by atoms with van der Waals surface area (Å²) < 4.78 is 27.7. The van der Waals surface area contributed by atoms with Gasteiger partial charge in [-0.15, -0.1) is 0 Å². The van der Waals surface area contributed by atoms with Gasteiger partial charge in [-0.25, -0.2) is 17.9 Å². The first-order chi connectivity index (χ1) is 12.8. The summed E-state index contributed by atoms with van der Waals surface area (Å²) in [7, 11) is -3.74. The van der Waals surface area contributed by atoms with Gasteiger partial charge in [0.2, 0.25) is 10.0 Å². The number of carbonyl (C=O) groups is 1. The number of benzene rings is 1. The standard InChI is InChI=1S/C20H30N2O4S/c1-3-7-15(2)22-19-11-10-17(14-18(19)20(23)24)27(25,26)21-13-12-16-8-5-4-6-9-16/h8,10-11,14-15,21-22H,3-7,9,12-13H2,1-2H3,(H,23,24)/t15-/m1/s1. The quantitative estimate of drug-likeness (QED) is 0.518. The fourth-order valence-electron chi connectivity index (χ4n) is 3.32. The molecular formula is C20H30N2O4S. The van der Waals surface area contributed by atoms with Gasteiger partial charge in [0.25, 0.3) is 0 Å². The Hall–Kier alpha value is -1.86. The monoisotopic (exact) mass is 394 g/mol. The van der Waals surface area contributed by atoms with E-state index in [9.17, 15) is 18.3 Å². The van der Waals surface area contributed by atoms with Gasteiger partial charge in [0, 0.05) is 18.3 Å². The zero-order valence-electron chi connectivity index (χ0n) is 16.1. The fourth-order valence-corrected chi connectivity index (χ4v) is 4.38. The molecule has 1 aliphatic carbocycles. The number of aromatic carboxylic acids is 1. The summed E-state index contributed by atoms with van der Waals surface area (Å²) in [5.41, 5.74) is 1.70. The number of anilines is 1. The van der Waals surface area contributed by atoms with Crippen LogP contribution in [0.15, 0.2) is 34.7 Å². The lowest BCUT2D eigenvalue weighted by molar-refractivity contribution is 0.0697. The first kappa shape index (κ1) is 21.4. The van der Waals surface area contributed by atoms with Crippen LogP contribution in [-0.2, 0) is 10.0 Å². The van der Waals surface area contributed by atoms with Crippen molar-refractivity contribution in [1.82, 2.24) is 4.72 Å². The van der Waals surface area contributed by atoms with E-state index >= 15 is 0 Å². The number of carboxylic acid groups (broad SMARTS) is 1. The van der Waals surface area contributed by atoms with Crippen LogP contribution in [-0.4, -0.2) is 32.1 Å². The third-order valence-corrected chi connectivity index (χ3v) is 6.24. The molecule has 0 spiro atoms. The van der Waals surface area contributed by atoms with E-state index in [1.165, 1.54) is 30.2 Å². The number of rotatable bonds is 10. The average molecular weight is 395 g/mol. The lowest BCUT2D eigenvalue weighted by atomic mass is 9.97. The topological polar surface area (TPSA) is 95.5 Å². The van der Waals surface area contributed by atoms with E-state index in [-0.39, 0.29) is 16.5 Å². The third-order valence-electron chi connectivity index (χ3n) is 4.78.